The van der Waals surface area contributed by atoms with Crippen molar-refractivity contribution in [1.82, 2.24) is 40.4 Å². The van der Waals surface area contributed by atoms with Crippen LogP contribution in [-0.2, 0) is 19.1 Å². The molecule has 6 aromatic rings. The summed E-state index contributed by atoms with van der Waals surface area (Å²) in [4.78, 5) is 72.1. The van der Waals surface area contributed by atoms with Crippen molar-refractivity contribution in [3.63, 3.8) is 0 Å². The molecule has 0 radical (unpaired) electrons. The van der Waals surface area contributed by atoms with E-state index in [2.05, 4.69) is 64.0 Å². The van der Waals surface area contributed by atoms with Gasteiger partial charge in [-0.3, -0.25) is 14.4 Å². The van der Waals surface area contributed by atoms with E-state index < -0.39 is 38.8 Å². The molecule has 0 aliphatic carbocycles. The summed E-state index contributed by atoms with van der Waals surface area (Å²) < 4.78 is 11.2. The fourth-order valence-corrected chi connectivity index (χ4v) is 11.9. The lowest BCUT2D eigenvalue weighted by molar-refractivity contribution is -0.139. The molecule has 4 amide bonds. The number of aromatic amines is 2. The second-order valence-electron chi connectivity index (χ2n) is 17.9. The molecule has 2 fully saturated rings. The number of fused-ring (bicyclic) bond motifs is 4. The maximum Gasteiger partial charge on any atom is 0.407 e. The molecule has 8 rings (SSSR count). The van der Waals surface area contributed by atoms with Crippen LogP contribution < -0.4 is 10.6 Å². The number of H-pyrrole nitrogens is 2. The van der Waals surface area contributed by atoms with Gasteiger partial charge < -0.3 is 44.7 Å². The number of furan rings is 1. The van der Waals surface area contributed by atoms with Crippen molar-refractivity contribution in [3.05, 3.63) is 72.4 Å². The second kappa shape index (κ2) is 16.5. The Kier molecular flexibility index (Phi) is 11.3. The topological polar surface area (TPSA) is 199 Å². The lowest BCUT2D eigenvalue weighted by atomic mass is 10.00. The van der Waals surface area contributed by atoms with E-state index >= 15 is 0 Å². The van der Waals surface area contributed by atoms with Gasteiger partial charge in [-0.05, 0) is 71.5 Å². The molecule has 15 nitrogen and oxygen atoms in total. The minimum Gasteiger partial charge on any atom is -0.454 e. The Morgan fingerprint density at radius 3 is 2.33 bits per heavy atom. The number of ether oxygens (including phenoxy) is 1. The van der Waals surface area contributed by atoms with Crippen molar-refractivity contribution in [2.45, 2.75) is 83.8 Å². The summed E-state index contributed by atoms with van der Waals surface area (Å²) in [5.74, 6) is 0.874. The first-order chi connectivity index (χ1) is 29.1. The molecule has 2 saturated heterocycles. The molecule has 0 bridgehead atoms. The van der Waals surface area contributed by atoms with Crippen molar-refractivity contribution in [3.8, 4) is 22.6 Å². The number of carbonyl (C=O) groups is 4. The van der Waals surface area contributed by atoms with Crippen molar-refractivity contribution < 1.29 is 33.4 Å². The molecule has 2 aliphatic heterocycles. The van der Waals surface area contributed by atoms with E-state index in [1.54, 1.807) is 11.1 Å². The van der Waals surface area contributed by atoms with E-state index in [0.29, 0.717) is 35.8 Å². The Hall–Kier alpha value is -6.00. The lowest BCUT2D eigenvalue weighted by Crippen LogP contribution is -2.52. The molecule has 3 unspecified atom stereocenters. The number of likely N-dealkylation sites (tertiary alicyclic amines) is 1. The fraction of sp³-hybridized carbons (Fsp3) is 0.422. The number of amides is 4. The first-order valence-electron chi connectivity index (χ1n) is 21.0. The molecule has 3 aromatic heterocycles. The number of rotatable bonds is 11. The maximum atomic E-state index is 13.9. The predicted octanol–water partition coefficient (Wildman–Crippen LogP) is 6.83. The summed E-state index contributed by atoms with van der Waals surface area (Å²) in [6, 6.07) is 17.4. The first-order valence-corrected chi connectivity index (χ1v) is 24.4. The highest BCUT2D eigenvalue weighted by molar-refractivity contribution is 6.78. The van der Waals surface area contributed by atoms with Crippen LogP contribution in [0, 0.1) is 11.8 Å². The van der Waals surface area contributed by atoms with Crippen LogP contribution in [0.5, 0.6) is 0 Å². The van der Waals surface area contributed by atoms with Crippen LogP contribution in [0.4, 0.5) is 4.79 Å². The number of hydrogen-bond acceptors (Lipinski definition) is 9. The van der Waals surface area contributed by atoms with Gasteiger partial charge in [0.1, 0.15) is 41.6 Å². The lowest BCUT2D eigenvalue weighted by Gasteiger charge is -2.30. The molecule has 0 spiro atoms. The average molecular weight is 847 g/mol. The summed E-state index contributed by atoms with van der Waals surface area (Å²) in [6.07, 6.45) is 3.35. The number of imidazole rings is 2. The summed E-state index contributed by atoms with van der Waals surface area (Å²) in [6.45, 7) is 12.0. The zero-order valence-corrected chi connectivity index (χ0v) is 36.7. The minimum atomic E-state index is -1.79. The summed E-state index contributed by atoms with van der Waals surface area (Å²) in [5.41, 5.74) is 5.16. The Balaban J connectivity index is 1.02. The third kappa shape index (κ3) is 8.13. The van der Waals surface area contributed by atoms with Gasteiger partial charge in [0, 0.05) is 23.5 Å². The van der Waals surface area contributed by atoms with Crippen molar-refractivity contribution >= 4 is 64.7 Å². The van der Waals surface area contributed by atoms with Crippen molar-refractivity contribution in [2.75, 3.05) is 26.4 Å². The smallest absolute Gasteiger partial charge is 0.407 e. The van der Waals surface area contributed by atoms with Crippen molar-refractivity contribution in [2.24, 2.45) is 11.8 Å². The molecule has 5 N–H and O–H groups in total. The van der Waals surface area contributed by atoms with Gasteiger partial charge in [0.15, 0.2) is 5.76 Å². The summed E-state index contributed by atoms with van der Waals surface area (Å²) >= 11 is 0. The predicted molar refractivity (Wildman–Crippen MR) is 235 cm³/mol. The molecule has 320 valence electrons. The number of carbonyl (C=O) groups excluding carboxylic acids is 4. The SMILES string of the molecule is COC(=O)NC(C(=O)N1C[Si](C)(C)CC1c1ncc(-c2cc3ccc(-c4ccc5c(ccc6nc([C@@H]7CCCN7C(=O)C(NC(=O)CO)C(C)C)[nH]c65)c4)cc3o2)[nH]1)C(C)C. The molecule has 0 saturated carbocycles. The zero-order valence-electron chi connectivity index (χ0n) is 35.7. The third-order valence-electron chi connectivity index (χ3n) is 12.2. The van der Waals surface area contributed by atoms with Crippen LogP contribution in [0.3, 0.4) is 0 Å². The maximum absolute atomic E-state index is 13.9. The van der Waals surface area contributed by atoms with E-state index in [4.69, 9.17) is 19.1 Å². The highest BCUT2D eigenvalue weighted by Crippen LogP contribution is 2.40. The monoisotopic (exact) mass is 846 g/mol. The number of alkyl carbamates (subject to hydrolysis) is 1. The Morgan fingerprint density at radius 1 is 0.885 bits per heavy atom. The number of aliphatic hydroxyl groups excluding tert-OH is 1. The molecular weight excluding hydrogens is 793 g/mol. The molecular formula is C45H54N8O7Si. The fourth-order valence-electron chi connectivity index (χ4n) is 8.99. The summed E-state index contributed by atoms with van der Waals surface area (Å²) in [5, 5.41) is 17.7. The third-order valence-corrected chi connectivity index (χ3v) is 14.8. The molecule has 2 aliphatic rings. The molecule has 16 heteroatoms. The largest absolute Gasteiger partial charge is 0.454 e. The number of nitrogens with zero attached hydrogens (tertiary/aromatic N) is 4. The number of methoxy groups -OCH3 is 1. The zero-order chi connectivity index (χ0) is 43.3. The van der Waals surface area contributed by atoms with E-state index in [9.17, 15) is 24.3 Å². The second-order valence-corrected chi connectivity index (χ2v) is 23.0. The molecule has 5 heterocycles. The van der Waals surface area contributed by atoms with Crippen LogP contribution in [0.1, 0.15) is 64.3 Å². The van der Waals surface area contributed by atoms with E-state index in [-0.39, 0.29) is 35.7 Å². The Labute approximate surface area is 354 Å². The number of hydrogen-bond donors (Lipinski definition) is 5. The van der Waals surface area contributed by atoms with Gasteiger partial charge in [-0.1, -0.05) is 71.1 Å². The normalized spacial score (nSPS) is 18.7. The van der Waals surface area contributed by atoms with Gasteiger partial charge in [-0.2, -0.15) is 0 Å². The van der Waals surface area contributed by atoms with E-state index in [1.165, 1.54) is 7.11 Å². The average Bonchev–Trinajstić information content (AvgIpc) is 4.09. The number of aliphatic hydroxyl groups is 1. The van der Waals surface area contributed by atoms with Gasteiger partial charge in [0.2, 0.25) is 17.7 Å². The molecule has 4 atom stereocenters. The molecule has 61 heavy (non-hydrogen) atoms. The highest BCUT2D eigenvalue weighted by atomic mass is 28.3. The Morgan fingerprint density at radius 2 is 1.59 bits per heavy atom. The summed E-state index contributed by atoms with van der Waals surface area (Å²) in [7, 11) is -0.494. The Bertz CT molecular complexity index is 2650. The van der Waals surface area contributed by atoms with Crippen LogP contribution in [0.2, 0.25) is 19.1 Å². The molecule has 3 aromatic carbocycles. The van der Waals surface area contributed by atoms with Gasteiger partial charge >= 0.3 is 6.09 Å². The van der Waals surface area contributed by atoms with Crippen LogP contribution in [-0.4, -0.2) is 105 Å². The van der Waals surface area contributed by atoms with Gasteiger partial charge in [0.25, 0.3) is 0 Å². The number of nitrogens with one attached hydrogen (secondary N) is 4. The highest BCUT2D eigenvalue weighted by Gasteiger charge is 2.46. The van der Waals surface area contributed by atoms with E-state index in [0.717, 1.165) is 62.8 Å². The van der Waals surface area contributed by atoms with Gasteiger partial charge in [-0.25, -0.2) is 14.8 Å². The standard InChI is InChI=1S/C45H54N8O7Si/c1-24(2)38(49-37(55)21-54)43(56)52-16-8-9-33(52)42-47-31-15-13-28-17-26(12-14-30(28)40(31)50-42)27-10-11-29-19-36(60-35(29)18-27)32-20-46-41(48-32)34-22-61(6,7)23-53(34)44(57)39(25(3)4)51-45(58)59-5/h10-15,17-20,24-25,33-34,38-39,54H,8-9,16,21-23H2,1-7H3,(H,46,48)(H,47,50)(H,49,55)(H,51,58)/t33-,34?,38?,39?/m0/s1. The van der Waals surface area contributed by atoms with Crippen LogP contribution in [0.25, 0.3) is 55.4 Å². The van der Waals surface area contributed by atoms with Crippen LogP contribution in [0.15, 0.2) is 65.2 Å². The van der Waals surface area contributed by atoms with Crippen LogP contribution >= 0.6 is 0 Å². The number of benzene rings is 3. The number of aromatic nitrogens is 4. The first kappa shape index (κ1) is 41.7. The van der Waals surface area contributed by atoms with Crippen molar-refractivity contribution in [1.29, 1.82) is 0 Å². The quantitative estimate of drug-likeness (QED) is 0.0868. The van der Waals surface area contributed by atoms with E-state index in [1.807, 2.05) is 56.9 Å². The van der Waals surface area contributed by atoms with Gasteiger partial charge in [-0.15, -0.1) is 0 Å². The van der Waals surface area contributed by atoms with Gasteiger partial charge in [0.05, 0.1) is 44.5 Å². The minimum absolute atomic E-state index is 0.130.